The maximum absolute atomic E-state index is 11.8. The van der Waals surface area contributed by atoms with Gasteiger partial charge in [0.15, 0.2) is 11.5 Å². The highest BCUT2D eigenvalue weighted by molar-refractivity contribution is 5.90. The largest absolute Gasteiger partial charge is 0.493 e. The van der Waals surface area contributed by atoms with Crippen LogP contribution in [0.1, 0.15) is 11.3 Å². The summed E-state index contributed by atoms with van der Waals surface area (Å²) in [4.78, 5) is 23.5. The van der Waals surface area contributed by atoms with Crippen LogP contribution in [0.3, 0.4) is 0 Å². The molecule has 0 radical (unpaired) electrons. The number of nitrogens with two attached hydrogens (primary N) is 1. The molecule has 0 saturated carbocycles. The number of ether oxygens (including phenoxy) is 3. The van der Waals surface area contributed by atoms with Crippen LogP contribution in [0.2, 0.25) is 0 Å². The summed E-state index contributed by atoms with van der Waals surface area (Å²) >= 11 is 0. The van der Waals surface area contributed by atoms with E-state index >= 15 is 0 Å². The van der Waals surface area contributed by atoms with Crippen molar-refractivity contribution >= 4 is 17.7 Å². The van der Waals surface area contributed by atoms with E-state index in [9.17, 15) is 9.59 Å². The van der Waals surface area contributed by atoms with Crippen molar-refractivity contribution in [2.45, 2.75) is 6.61 Å². The van der Waals surface area contributed by atoms with Gasteiger partial charge in [-0.3, -0.25) is 4.79 Å². The number of hydrogen-bond donors (Lipinski definition) is 2. The molecule has 0 spiro atoms. The van der Waals surface area contributed by atoms with E-state index in [4.69, 9.17) is 29.5 Å². The fraction of sp³-hybridized carbons (Fsp3) is 0.176. The molecule has 132 valence electrons. The van der Waals surface area contributed by atoms with Crippen molar-refractivity contribution in [3.8, 4) is 17.2 Å². The number of rotatable bonds is 6. The molecule has 8 heteroatoms. The molecule has 1 heterocycles. The van der Waals surface area contributed by atoms with E-state index < -0.39 is 18.0 Å². The summed E-state index contributed by atoms with van der Waals surface area (Å²) in [5.41, 5.74) is 6.19. The molecular formula is C17H17NO7. The molecule has 0 aliphatic carbocycles. The van der Waals surface area contributed by atoms with Gasteiger partial charge >= 0.3 is 5.97 Å². The molecule has 0 bridgehead atoms. The molecule has 0 aliphatic rings. The zero-order valence-electron chi connectivity index (χ0n) is 13.6. The number of esters is 1. The fourth-order valence-electron chi connectivity index (χ4n) is 1.95. The highest BCUT2D eigenvalue weighted by atomic mass is 16.5. The minimum atomic E-state index is -0.793. The van der Waals surface area contributed by atoms with Crippen molar-refractivity contribution in [3.63, 3.8) is 0 Å². The minimum Gasteiger partial charge on any atom is -0.493 e. The zero-order chi connectivity index (χ0) is 18.4. The molecule has 0 amide bonds. The number of methoxy groups -OCH3 is 2. The Hall–Kier alpha value is -3.26. The first-order valence-electron chi connectivity index (χ1n) is 7.12. The Morgan fingerprint density at radius 1 is 1.20 bits per heavy atom. The van der Waals surface area contributed by atoms with Crippen molar-refractivity contribution in [2.24, 2.45) is 0 Å². The van der Waals surface area contributed by atoms with Gasteiger partial charge in [0.1, 0.15) is 18.6 Å². The van der Waals surface area contributed by atoms with E-state index in [0.717, 1.165) is 18.4 Å². The maximum atomic E-state index is 11.8. The van der Waals surface area contributed by atoms with Crippen LogP contribution in [0, 0.1) is 0 Å². The van der Waals surface area contributed by atoms with Crippen molar-refractivity contribution in [1.82, 2.24) is 0 Å². The monoisotopic (exact) mass is 347 g/mol. The number of benzene rings is 1. The number of anilines is 1. The molecule has 1 aromatic carbocycles. The lowest BCUT2D eigenvalue weighted by Crippen LogP contribution is -2.12. The third kappa shape index (κ3) is 4.39. The number of aliphatic hydroxyl groups excluding tert-OH is 1. The summed E-state index contributed by atoms with van der Waals surface area (Å²) in [5, 5.41) is 8.87. The molecule has 1 aromatic heterocycles. The van der Waals surface area contributed by atoms with E-state index in [1.807, 2.05) is 0 Å². The number of nitrogen functional groups attached to an aromatic ring is 1. The van der Waals surface area contributed by atoms with E-state index in [0.29, 0.717) is 22.7 Å². The molecule has 3 N–H and O–H groups in total. The molecule has 8 nitrogen and oxygen atoms in total. The molecule has 0 unspecified atom stereocenters. The SMILES string of the molecule is COc1cc(N)c(/C=C/C(=O)Oc2coc(CO)cc2=O)cc1OC. The predicted molar refractivity (Wildman–Crippen MR) is 89.5 cm³/mol. The van der Waals surface area contributed by atoms with Crippen LogP contribution in [0.15, 0.2) is 39.7 Å². The van der Waals surface area contributed by atoms with Gasteiger partial charge in [-0.25, -0.2) is 4.79 Å². The number of carbonyl (C=O) groups is 1. The van der Waals surface area contributed by atoms with E-state index in [2.05, 4.69) is 0 Å². The molecule has 0 aliphatic heterocycles. The molecule has 2 aromatic rings. The topological polar surface area (TPSA) is 121 Å². The van der Waals surface area contributed by atoms with E-state index in [1.165, 1.54) is 20.3 Å². The van der Waals surface area contributed by atoms with Gasteiger partial charge in [0.2, 0.25) is 11.2 Å². The average molecular weight is 347 g/mol. The molecule has 2 rings (SSSR count). The normalized spacial score (nSPS) is 10.7. The highest BCUT2D eigenvalue weighted by Crippen LogP contribution is 2.32. The Labute approximate surface area is 143 Å². The predicted octanol–water partition coefficient (Wildman–Crippen LogP) is 1.35. The smallest absolute Gasteiger partial charge is 0.336 e. The summed E-state index contributed by atoms with van der Waals surface area (Å²) in [6.45, 7) is -0.429. The third-order valence-electron chi connectivity index (χ3n) is 3.21. The Morgan fingerprint density at radius 3 is 2.48 bits per heavy atom. The van der Waals surface area contributed by atoms with Gasteiger partial charge in [-0.05, 0) is 12.1 Å². The van der Waals surface area contributed by atoms with Crippen molar-refractivity contribution in [3.05, 3.63) is 52.1 Å². The van der Waals surface area contributed by atoms with Crippen molar-refractivity contribution in [1.29, 1.82) is 0 Å². The highest BCUT2D eigenvalue weighted by Gasteiger charge is 2.10. The van der Waals surface area contributed by atoms with Gasteiger partial charge in [0, 0.05) is 29.5 Å². The van der Waals surface area contributed by atoms with Crippen LogP contribution in [0.4, 0.5) is 5.69 Å². The van der Waals surface area contributed by atoms with Gasteiger partial charge in [0.05, 0.1) is 14.2 Å². The zero-order valence-corrected chi connectivity index (χ0v) is 13.6. The Balaban J connectivity index is 2.16. The average Bonchev–Trinajstić information content (AvgIpc) is 2.61. The Bertz CT molecular complexity index is 855. The van der Waals surface area contributed by atoms with Gasteiger partial charge in [-0.1, -0.05) is 0 Å². The molecule has 0 atom stereocenters. The summed E-state index contributed by atoms with van der Waals surface area (Å²) in [5.74, 6) is -0.102. The van der Waals surface area contributed by atoms with Crippen LogP contribution in [0.5, 0.6) is 17.2 Å². The fourth-order valence-corrected chi connectivity index (χ4v) is 1.95. The minimum absolute atomic E-state index is 0.0680. The lowest BCUT2D eigenvalue weighted by Gasteiger charge is -2.10. The van der Waals surface area contributed by atoms with Crippen LogP contribution in [-0.4, -0.2) is 25.3 Å². The maximum Gasteiger partial charge on any atom is 0.336 e. The van der Waals surface area contributed by atoms with Gasteiger partial charge in [-0.2, -0.15) is 0 Å². The third-order valence-corrected chi connectivity index (χ3v) is 3.21. The summed E-state index contributed by atoms with van der Waals surface area (Å²) in [6, 6.07) is 4.20. The van der Waals surface area contributed by atoms with Crippen LogP contribution < -0.4 is 25.4 Å². The van der Waals surface area contributed by atoms with Crippen LogP contribution in [-0.2, 0) is 11.4 Å². The Morgan fingerprint density at radius 2 is 1.88 bits per heavy atom. The lowest BCUT2D eigenvalue weighted by molar-refractivity contribution is -0.129. The summed E-state index contributed by atoms with van der Waals surface area (Å²) in [6.07, 6.45) is 3.49. The molecular weight excluding hydrogens is 330 g/mol. The lowest BCUT2D eigenvalue weighted by atomic mass is 10.1. The van der Waals surface area contributed by atoms with Gasteiger partial charge in [0.25, 0.3) is 0 Å². The standard InChI is InChI=1S/C17H17NO7/c1-22-14-5-10(12(18)7-15(14)23-2)3-4-17(21)25-16-9-24-11(8-19)6-13(16)20/h3-7,9,19H,8,18H2,1-2H3/b4-3+. The van der Waals surface area contributed by atoms with E-state index in [-0.39, 0.29) is 11.5 Å². The number of hydrogen-bond acceptors (Lipinski definition) is 8. The number of aliphatic hydroxyl groups is 1. The van der Waals surface area contributed by atoms with Crippen LogP contribution in [0.25, 0.3) is 6.08 Å². The van der Waals surface area contributed by atoms with Gasteiger partial charge in [-0.15, -0.1) is 0 Å². The summed E-state index contributed by atoms with van der Waals surface area (Å²) in [7, 11) is 2.96. The second-order valence-corrected chi connectivity index (χ2v) is 4.82. The van der Waals surface area contributed by atoms with Crippen molar-refractivity contribution in [2.75, 3.05) is 20.0 Å². The van der Waals surface area contributed by atoms with Gasteiger partial charge < -0.3 is 29.5 Å². The second-order valence-electron chi connectivity index (χ2n) is 4.82. The Kier molecular flexibility index (Phi) is 5.80. The molecule has 25 heavy (non-hydrogen) atoms. The first kappa shape index (κ1) is 18.1. The second kappa shape index (κ2) is 8.02. The molecule has 0 saturated heterocycles. The number of carbonyl (C=O) groups excluding carboxylic acids is 1. The first-order chi connectivity index (χ1) is 12.0. The van der Waals surface area contributed by atoms with Crippen molar-refractivity contribution < 1.29 is 28.5 Å². The first-order valence-corrected chi connectivity index (χ1v) is 7.12. The van der Waals surface area contributed by atoms with E-state index in [1.54, 1.807) is 12.1 Å². The van der Waals surface area contributed by atoms with Crippen LogP contribution >= 0.6 is 0 Å². The summed E-state index contributed by atoms with van der Waals surface area (Å²) < 4.78 is 20.1. The molecule has 0 fully saturated rings. The quantitative estimate of drug-likeness (QED) is 0.456.